The number of benzene rings is 1. The summed E-state index contributed by atoms with van der Waals surface area (Å²) >= 11 is 5.87. The second-order valence-corrected chi connectivity index (χ2v) is 4.24. The van der Waals surface area contributed by atoms with Crippen LogP contribution in [0.25, 0.3) is 0 Å². The third kappa shape index (κ3) is 4.10. The maximum atomic E-state index is 11.6. The van der Waals surface area contributed by atoms with Crippen molar-refractivity contribution >= 4 is 17.5 Å². The average Bonchev–Trinajstić information content (AvgIpc) is 2.29. The Bertz CT molecular complexity index is 439. The molecule has 0 aromatic heterocycles. The van der Waals surface area contributed by atoms with Crippen molar-refractivity contribution in [2.24, 2.45) is 5.73 Å². The lowest BCUT2D eigenvalue weighted by atomic mass is 10.1. The second-order valence-electron chi connectivity index (χ2n) is 3.80. The average molecular weight is 251 g/mol. The van der Waals surface area contributed by atoms with Crippen molar-refractivity contribution in [1.82, 2.24) is 5.32 Å². The number of terminal acetylenes is 1. The van der Waals surface area contributed by atoms with Crippen LogP contribution < -0.4 is 11.1 Å². The lowest BCUT2D eigenvalue weighted by Gasteiger charge is -2.17. The molecule has 0 aliphatic rings. The van der Waals surface area contributed by atoms with Crippen LogP contribution in [0.15, 0.2) is 24.3 Å². The van der Waals surface area contributed by atoms with Crippen molar-refractivity contribution < 1.29 is 4.79 Å². The zero-order valence-electron chi connectivity index (χ0n) is 9.61. The van der Waals surface area contributed by atoms with Crippen LogP contribution in [-0.4, -0.2) is 11.9 Å². The van der Waals surface area contributed by atoms with Crippen LogP contribution >= 0.6 is 11.6 Å². The fourth-order valence-electron chi connectivity index (χ4n) is 1.40. The molecule has 90 valence electrons. The third-order valence-corrected chi connectivity index (χ3v) is 2.62. The van der Waals surface area contributed by atoms with Crippen molar-refractivity contribution in [3.8, 4) is 12.3 Å². The van der Waals surface area contributed by atoms with Crippen LogP contribution in [0.4, 0.5) is 0 Å². The molecule has 0 fully saturated rings. The highest BCUT2D eigenvalue weighted by Crippen LogP contribution is 2.17. The summed E-state index contributed by atoms with van der Waals surface area (Å²) in [6, 6.07) is 6.50. The number of nitrogens with two attached hydrogens (primary N) is 1. The predicted molar refractivity (Wildman–Crippen MR) is 69.4 cm³/mol. The minimum Gasteiger partial charge on any atom is -0.348 e. The summed E-state index contributed by atoms with van der Waals surface area (Å²) in [5.41, 5.74) is 6.53. The summed E-state index contributed by atoms with van der Waals surface area (Å²) in [4.78, 5) is 11.6. The Hall–Kier alpha value is -1.50. The molecular weight excluding hydrogens is 236 g/mol. The summed E-state index contributed by atoms with van der Waals surface area (Å²) in [6.45, 7) is 1.87. The number of nitrogens with one attached hydrogen (secondary N) is 1. The first kappa shape index (κ1) is 13.6. The first-order chi connectivity index (χ1) is 8.04. The van der Waals surface area contributed by atoms with E-state index in [1.54, 1.807) is 12.1 Å². The van der Waals surface area contributed by atoms with E-state index in [-0.39, 0.29) is 18.4 Å². The molecule has 1 amide bonds. The van der Waals surface area contributed by atoms with Gasteiger partial charge in [0.25, 0.3) is 0 Å². The number of halogens is 1. The summed E-state index contributed by atoms with van der Waals surface area (Å²) < 4.78 is 0. The van der Waals surface area contributed by atoms with E-state index in [1.807, 2.05) is 19.1 Å². The van der Waals surface area contributed by atoms with Crippen LogP contribution in [0.1, 0.15) is 24.9 Å². The van der Waals surface area contributed by atoms with Crippen LogP contribution in [0.3, 0.4) is 0 Å². The van der Waals surface area contributed by atoms with Gasteiger partial charge in [-0.2, -0.15) is 0 Å². The molecule has 0 aliphatic carbocycles. The Morgan fingerprint density at radius 2 is 2.35 bits per heavy atom. The van der Waals surface area contributed by atoms with Gasteiger partial charge < -0.3 is 11.1 Å². The molecule has 2 atom stereocenters. The number of hydrogen-bond acceptors (Lipinski definition) is 2. The molecule has 17 heavy (non-hydrogen) atoms. The van der Waals surface area contributed by atoms with Gasteiger partial charge in [-0.15, -0.1) is 12.3 Å². The van der Waals surface area contributed by atoms with Crippen LogP contribution in [-0.2, 0) is 4.79 Å². The molecule has 3 N–H and O–H groups in total. The maximum Gasteiger partial charge on any atom is 0.238 e. The van der Waals surface area contributed by atoms with Crippen molar-refractivity contribution in [3.63, 3.8) is 0 Å². The van der Waals surface area contributed by atoms with Gasteiger partial charge in [-0.3, -0.25) is 4.79 Å². The SMILES string of the molecule is C#CCC(N)C(=O)NC(C)c1cccc(Cl)c1. The summed E-state index contributed by atoms with van der Waals surface area (Å²) in [5, 5.41) is 3.43. The molecule has 0 saturated heterocycles. The van der Waals surface area contributed by atoms with Gasteiger partial charge in [0.15, 0.2) is 0 Å². The fourth-order valence-corrected chi connectivity index (χ4v) is 1.60. The monoisotopic (exact) mass is 250 g/mol. The molecule has 3 nitrogen and oxygen atoms in total. The second kappa shape index (κ2) is 6.29. The van der Waals surface area contributed by atoms with Gasteiger partial charge in [0.05, 0.1) is 12.1 Å². The van der Waals surface area contributed by atoms with E-state index in [9.17, 15) is 4.79 Å². The summed E-state index contributed by atoms with van der Waals surface area (Å²) in [5.74, 6) is 2.11. The van der Waals surface area contributed by atoms with Crippen LogP contribution in [0.5, 0.6) is 0 Å². The molecule has 1 aromatic carbocycles. The predicted octanol–water partition coefficient (Wildman–Crippen LogP) is 1.87. The minimum absolute atomic E-state index is 0.148. The Balaban J connectivity index is 2.64. The zero-order chi connectivity index (χ0) is 12.8. The lowest BCUT2D eigenvalue weighted by molar-refractivity contribution is -0.122. The molecule has 1 rings (SSSR count). The topological polar surface area (TPSA) is 55.1 Å². The number of rotatable bonds is 4. The number of hydrogen-bond donors (Lipinski definition) is 2. The van der Waals surface area contributed by atoms with E-state index in [0.717, 1.165) is 5.56 Å². The molecule has 2 unspecified atom stereocenters. The Morgan fingerprint density at radius 3 is 2.94 bits per heavy atom. The van der Waals surface area contributed by atoms with Crippen molar-refractivity contribution in [1.29, 1.82) is 0 Å². The van der Waals surface area contributed by atoms with E-state index in [4.69, 9.17) is 23.8 Å². The first-order valence-electron chi connectivity index (χ1n) is 5.29. The van der Waals surface area contributed by atoms with Crippen LogP contribution in [0, 0.1) is 12.3 Å². The van der Waals surface area contributed by atoms with E-state index in [1.165, 1.54) is 0 Å². The van der Waals surface area contributed by atoms with E-state index < -0.39 is 6.04 Å². The summed E-state index contributed by atoms with van der Waals surface area (Å²) in [6.07, 6.45) is 5.33. The Kier molecular flexibility index (Phi) is 5.02. The summed E-state index contributed by atoms with van der Waals surface area (Å²) in [7, 11) is 0. The highest BCUT2D eigenvalue weighted by Gasteiger charge is 2.15. The lowest BCUT2D eigenvalue weighted by Crippen LogP contribution is -2.41. The van der Waals surface area contributed by atoms with Crippen molar-refractivity contribution in [3.05, 3.63) is 34.9 Å². The van der Waals surface area contributed by atoms with Gasteiger partial charge in [0, 0.05) is 11.4 Å². The van der Waals surface area contributed by atoms with Crippen molar-refractivity contribution in [2.45, 2.75) is 25.4 Å². The molecule has 0 spiro atoms. The van der Waals surface area contributed by atoms with E-state index in [2.05, 4.69) is 11.2 Å². The molecule has 0 bridgehead atoms. The molecule has 0 heterocycles. The van der Waals surface area contributed by atoms with E-state index in [0.29, 0.717) is 5.02 Å². The fraction of sp³-hybridized carbons (Fsp3) is 0.308. The number of amides is 1. The highest BCUT2D eigenvalue weighted by molar-refractivity contribution is 6.30. The maximum absolute atomic E-state index is 11.6. The van der Waals surface area contributed by atoms with Gasteiger partial charge in [-0.05, 0) is 24.6 Å². The largest absolute Gasteiger partial charge is 0.348 e. The van der Waals surface area contributed by atoms with Gasteiger partial charge in [0.2, 0.25) is 5.91 Å². The van der Waals surface area contributed by atoms with Gasteiger partial charge >= 0.3 is 0 Å². The molecule has 0 radical (unpaired) electrons. The third-order valence-electron chi connectivity index (χ3n) is 2.38. The first-order valence-corrected chi connectivity index (χ1v) is 5.67. The Labute approximate surface area is 106 Å². The standard InChI is InChI=1S/C13H15ClN2O/c1-3-5-12(15)13(17)16-9(2)10-6-4-7-11(14)8-10/h1,4,6-9,12H,5,15H2,2H3,(H,16,17). The van der Waals surface area contributed by atoms with Gasteiger partial charge in [0.1, 0.15) is 0 Å². The van der Waals surface area contributed by atoms with E-state index >= 15 is 0 Å². The molecule has 0 saturated carbocycles. The van der Waals surface area contributed by atoms with Crippen molar-refractivity contribution in [2.75, 3.05) is 0 Å². The smallest absolute Gasteiger partial charge is 0.238 e. The quantitative estimate of drug-likeness (QED) is 0.802. The molecule has 4 heteroatoms. The number of carbonyl (C=O) groups is 1. The Morgan fingerprint density at radius 1 is 1.65 bits per heavy atom. The minimum atomic E-state index is -0.665. The molecule has 0 aliphatic heterocycles. The normalized spacial score (nSPS) is 13.5. The molecular formula is C13H15ClN2O. The molecule has 1 aromatic rings. The number of carbonyl (C=O) groups excluding carboxylic acids is 1. The van der Waals surface area contributed by atoms with Gasteiger partial charge in [-0.1, -0.05) is 23.7 Å². The highest BCUT2D eigenvalue weighted by atomic mass is 35.5. The van der Waals surface area contributed by atoms with Gasteiger partial charge in [-0.25, -0.2) is 0 Å². The van der Waals surface area contributed by atoms with Crippen LogP contribution in [0.2, 0.25) is 5.02 Å². The zero-order valence-corrected chi connectivity index (χ0v) is 10.4.